The Bertz CT molecular complexity index is 960. The minimum absolute atomic E-state index is 0. The summed E-state index contributed by atoms with van der Waals surface area (Å²) in [7, 11) is 0. The second-order valence-corrected chi connectivity index (χ2v) is 8.25. The Balaban J connectivity index is 0. The van der Waals surface area contributed by atoms with Crippen molar-refractivity contribution >= 4 is 24.4 Å². The van der Waals surface area contributed by atoms with Crippen LogP contribution in [0.5, 0.6) is 11.5 Å². The van der Waals surface area contributed by atoms with Crippen molar-refractivity contribution in [3.63, 3.8) is 0 Å². The van der Waals surface area contributed by atoms with E-state index in [2.05, 4.69) is 23.8 Å². The van der Waals surface area contributed by atoms with E-state index in [0.717, 1.165) is 61.8 Å². The van der Waals surface area contributed by atoms with Crippen LogP contribution < -0.4 is 10.2 Å². The number of rotatable bonds is 9. The Kier molecular flexibility index (Phi) is 19.4. The molecule has 0 bridgehead atoms. The molecule has 2 rings (SSSR count). The molecule has 0 aliphatic heterocycles. The Morgan fingerprint density at radius 1 is 0.757 bits per heavy atom. The van der Waals surface area contributed by atoms with Gasteiger partial charge in [-0.05, 0) is 74.9 Å². The normalized spacial score (nSPS) is 10.2. The smallest absolute Gasteiger partial charge is 0.550 e. The third-order valence-corrected chi connectivity index (χ3v) is 4.68. The Morgan fingerprint density at radius 2 is 1.05 bits per heavy atom. The molecule has 1 radical (unpaired) electrons. The molecule has 0 spiro atoms. The summed E-state index contributed by atoms with van der Waals surface area (Å²) in [5.74, 6) is -1.58. The van der Waals surface area contributed by atoms with E-state index in [1.807, 2.05) is 38.1 Å². The van der Waals surface area contributed by atoms with Crippen molar-refractivity contribution < 1.29 is 46.8 Å². The molecule has 0 heterocycles. The summed E-state index contributed by atoms with van der Waals surface area (Å²) in [6.07, 6.45) is 7.57. The van der Waals surface area contributed by atoms with E-state index >= 15 is 0 Å². The van der Waals surface area contributed by atoms with Crippen LogP contribution in [0, 0.1) is 13.8 Å². The molecule has 205 valence electrons. The first-order chi connectivity index (χ1) is 16.9. The van der Waals surface area contributed by atoms with E-state index in [1.54, 1.807) is 12.4 Å². The quantitative estimate of drug-likeness (QED) is 0.358. The van der Waals surface area contributed by atoms with Gasteiger partial charge in [-0.1, -0.05) is 38.8 Å². The molecular weight excluding hydrogens is 519 g/mol. The van der Waals surface area contributed by atoms with Crippen molar-refractivity contribution in [2.24, 2.45) is 9.98 Å². The zero-order valence-corrected chi connectivity index (χ0v) is 23.5. The van der Waals surface area contributed by atoms with Crippen LogP contribution in [0.3, 0.4) is 0 Å². The van der Waals surface area contributed by atoms with E-state index in [4.69, 9.17) is 19.8 Å². The number of hydrogen-bond donors (Lipinski definition) is 2. The van der Waals surface area contributed by atoms with E-state index < -0.39 is 11.9 Å². The summed E-state index contributed by atoms with van der Waals surface area (Å²) >= 11 is 0. The number of hydrogen-bond acceptors (Lipinski definition) is 8. The number of aryl methyl sites for hydroxylation is 4. The second kappa shape index (κ2) is 19.9. The number of carbonyl (C=O) groups is 2. The van der Waals surface area contributed by atoms with Gasteiger partial charge in [0.1, 0.15) is 11.5 Å². The van der Waals surface area contributed by atoms with Crippen molar-refractivity contribution in [2.45, 2.75) is 67.2 Å². The molecule has 0 atom stereocenters. The van der Waals surface area contributed by atoms with Gasteiger partial charge in [0.05, 0.1) is 13.1 Å². The van der Waals surface area contributed by atoms with Crippen molar-refractivity contribution in [1.29, 1.82) is 0 Å². The topological polar surface area (TPSA) is 145 Å². The van der Waals surface area contributed by atoms with Crippen LogP contribution in [0.1, 0.15) is 73.9 Å². The third kappa shape index (κ3) is 16.2. The minimum Gasteiger partial charge on any atom is -0.550 e. The SMILES string of the molecule is CC(=O)[O-].CC(=O)[O-].CCCc1cc(C)c(O)c(C=NCCN=Cc2cc(CCC)cc(C)c2O)c1.[Co+2]. The Labute approximate surface area is 230 Å². The van der Waals surface area contributed by atoms with Gasteiger partial charge < -0.3 is 30.0 Å². The summed E-state index contributed by atoms with van der Waals surface area (Å²) in [6, 6.07) is 8.06. The van der Waals surface area contributed by atoms with Gasteiger partial charge in [0.25, 0.3) is 0 Å². The van der Waals surface area contributed by atoms with Gasteiger partial charge in [-0.2, -0.15) is 0 Å². The maximum absolute atomic E-state index is 10.2. The summed E-state index contributed by atoms with van der Waals surface area (Å²) < 4.78 is 0. The average molecular weight is 558 g/mol. The Morgan fingerprint density at radius 3 is 1.32 bits per heavy atom. The van der Waals surface area contributed by atoms with Crippen LogP contribution in [0.2, 0.25) is 0 Å². The number of aromatic hydroxyl groups is 2. The van der Waals surface area contributed by atoms with Crippen LogP contribution in [0.25, 0.3) is 0 Å². The molecule has 2 N–H and O–H groups in total. The zero-order chi connectivity index (χ0) is 27.7. The van der Waals surface area contributed by atoms with Crippen molar-refractivity contribution in [2.75, 3.05) is 13.1 Å². The van der Waals surface area contributed by atoms with Crippen LogP contribution in [-0.2, 0) is 39.2 Å². The van der Waals surface area contributed by atoms with E-state index in [9.17, 15) is 10.2 Å². The van der Waals surface area contributed by atoms with Gasteiger partial charge in [-0.15, -0.1) is 0 Å². The molecule has 9 heteroatoms. The van der Waals surface area contributed by atoms with Crippen molar-refractivity contribution in [3.8, 4) is 11.5 Å². The summed E-state index contributed by atoms with van der Waals surface area (Å²) in [4.78, 5) is 26.6. The molecule has 0 unspecified atom stereocenters. The molecule has 37 heavy (non-hydrogen) atoms. The molecule has 0 aliphatic carbocycles. The van der Waals surface area contributed by atoms with Gasteiger partial charge in [-0.3, -0.25) is 9.98 Å². The molecule has 0 aliphatic rings. The summed E-state index contributed by atoms with van der Waals surface area (Å²) in [5.41, 5.74) is 5.71. The maximum Gasteiger partial charge on any atom is 2.00 e. The van der Waals surface area contributed by atoms with E-state index in [0.29, 0.717) is 24.6 Å². The van der Waals surface area contributed by atoms with Crippen LogP contribution in [0.15, 0.2) is 34.3 Å². The average Bonchev–Trinajstić information content (AvgIpc) is 2.76. The number of nitrogens with zero attached hydrogens (tertiary/aromatic N) is 2. The molecule has 0 amide bonds. The first kappa shape index (κ1) is 36.0. The van der Waals surface area contributed by atoms with E-state index in [-0.39, 0.29) is 16.8 Å². The predicted molar refractivity (Wildman–Crippen MR) is 140 cm³/mol. The third-order valence-electron chi connectivity index (χ3n) is 4.68. The van der Waals surface area contributed by atoms with Gasteiger partial charge in [0.2, 0.25) is 0 Å². The monoisotopic (exact) mass is 557 g/mol. The van der Waals surface area contributed by atoms with Gasteiger partial charge in [0.15, 0.2) is 0 Å². The van der Waals surface area contributed by atoms with Gasteiger partial charge in [0, 0.05) is 35.5 Å². The minimum atomic E-state index is -1.08. The number of carboxylic acid groups (broad SMARTS) is 2. The number of phenolic OH excluding ortho intramolecular Hbond substituents is 2. The number of carbonyl (C=O) groups excluding carboxylic acids is 2. The fourth-order valence-electron chi connectivity index (χ4n) is 3.27. The number of aliphatic imine (C=N–C) groups is 2. The molecule has 2 aromatic rings. The fraction of sp³-hybridized carbons (Fsp3) is 0.429. The standard InChI is InChI=1S/C24H32N2O2.2C2H4O2.Co/c1-5-7-19-11-17(3)23(27)21(13-19)15-25-9-10-26-16-22-14-20(8-6-2)12-18(4)24(22)28;2*1-2(3)4;/h11-16,27-28H,5-10H2,1-4H3;2*1H3,(H,3,4);/q;;;+2/p-2. The molecule has 0 aromatic heterocycles. The number of benzene rings is 2. The number of aliphatic carboxylic acids is 2. The van der Waals surface area contributed by atoms with Gasteiger partial charge in [-0.25, -0.2) is 0 Å². The second-order valence-electron chi connectivity index (χ2n) is 8.25. The van der Waals surface area contributed by atoms with Crippen LogP contribution in [-0.4, -0.2) is 47.7 Å². The van der Waals surface area contributed by atoms with Crippen LogP contribution in [0.4, 0.5) is 0 Å². The largest absolute Gasteiger partial charge is 2.00 e. The zero-order valence-electron chi connectivity index (χ0n) is 22.5. The molecular formula is C28H38CoN2O6. The molecule has 0 fully saturated rings. The molecule has 8 nitrogen and oxygen atoms in total. The summed E-state index contributed by atoms with van der Waals surface area (Å²) in [6.45, 7) is 11.1. The number of carboxylic acids is 2. The van der Waals surface area contributed by atoms with Crippen molar-refractivity contribution in [3.05, 3.63) is 57.6 Å². The molecule has 2 aromatic carbocycles. The van der Waals surface area contributed by atoms with Crippen LogP contribution >= 0.6 is 0 Å². The molecule has 0 saturated carbocycles. The summed E-state index contributed by atoms with van der Waals surface area (Å²) in [5, 5.41) is 38.2. The van der Waals surface area contributed by atoms with Crippen molar-refractivity contribution in [1.82, 2.24) is 0 Å². The fourth-order valence-corrected chi connectivity index (χ4v) is 3.27. The predicted octanol–water partition coefficient (Wildman–Crippen LogP) is 2.67. The Hall–Kier alpha value is -3.17. The maximum atomic E-state index is 10.2. The first-order valence-corrected chi connectivity index (χ1v) is 11.9. The first-order valence-electron chi connectivity index (χ1n) is 11.9. The molecule has 0 saturated heterocycles. The number of phenols is 2. The van der Waals surface area contributed by atoms with E-state index in [1.165, 1.54) is 11.1 Å². The van der Waals surface area contributed by atoms with Gasteiger partial charge >= 0.3 is 16.8 Å².